The van der Waals surface area contributed by atoms with Crippen LogP contribution in [-0.4, -0.2) is 27.4 Å². The minimum absolute atomic E-state index is 0.177. The van der Waals surface area contributed by atoms with Crippen molar-refractivity contribution in [2.45, 2.75) is 38.0 Å². The summed E-state index contributed by atoms with van der Waals surface area (Å²) < 4.78 is 26.2. The second-order valence-electron chi connectivity index (χ2n) is 4.53. The lowest BCUT2D eigenvalue weighted by molar-refractivity contribution is -0.119. The molecule has 0 unspecified atom stereocenters. The van der Waals surface area contributed by atoms with Crippen LogP contribution in [0, 0.1) is 0 Å². The number of carbonyl (C=O) groups excluding carboxylic acids is 1. The highest BCUT2D eigenvalue weighted by Crippen LogP contribution is 2.10. The molecule has 0 fully saturated rings. The smallest absolute Gasteiger partial charge is 0.241 e. The first kappa shape index (κ1) is 16.7. The van der Waals surface area contributed by atoms with Gasteiger partial charge >= 0.3 is 0 Å². The van der Waals surface area contributed by atoms with Gasteiger partial charge < -0.3 is 5.32 Å². The van der Waals surface area contributed by atoms with E-state index in [4.69, 9.17) is 0 Å². The lowest BCUT2D eigenvalue weighted by Crippen LogP contribution is -2.37. The predicted octanol–water partition coefficient (Wildman–Crippen LogP) is 1.44. The summed E-state index contributed by atoms with van der Waals surface area (Å²) in [5.74, 6) is -0.313. The Bertz CT molecular complexity index is 524. The van der Waals surface area contributed by atoms with E-state index in [1.54, 1.807) is 24.3 Å². The van der Waals surface area contributed by atoms with Gasteiger partial charge in [0.15, 0.2) is 0 Å². The van der Waals surface area contributed by atoms with Gasteiger partial charge in [0, 0.05) is 6.54 Å². The van der Waals surface area contributed by atoms with E-state index in [-0.39, 0.29) is 17.3 Å². The van der Waals surface area contributed by atoms with Gasteiger partial charge in [-0.25, -0.2) is 13.1 Å². The molecule has 5 nitrogen and oxygen atoms in total. The second-order valence-corrected chi connectivity index (χ2v) is 6.29. The molecule has 1 amide bonds. The fraction of sp³-hybridized carbons (Fsp3) is 0.500. The van der Waals surface area contributed by atoms with Gasteiger partial charge in [0.2, 0.25) is 15.9 Å². The maximum atomic E-state index is 12.0. The van der Waals surface area contributed by atoms with Crippen molar-refractivity contribution >= 4 is 15.9 Å². The third kappa shape index (κ3) is 5.30. The molecule has 0 saturated carbocycles. The summed E-state index contributed by atoms with van der Waals surface area (Å²) in [6.45, 7) is 4.36. The van der Waals surface area contributed by atoms with Crippen LogP contribution in [0.25, 0.3) is 0 Å². The fourth-order valence-electron chi connectivity index (χ4n) is 1.62. The standard InChI is InChI=1S/C14H22N2O3S/c1-3-5-10-15-14(17)11-16-20(18,19)13-8-6-12(4-2)7-9-13/h6-9,16H,3-5,10-11H2,1-2H3,(H,15,17). The highest BCUT2D eigenvalue weighted by molar-refractivity contribution is 7.89. The average molecular weight is 298 g/mol. The third-order valence-electron chi connectivity index (χ3n) is 2.92. The summed E-state index contributed by atoms with van der Waals surface area (Å²) in [5.41, 5.74) is 1.07. The Labute approximate surface area is 120 Å². The molecule has 0 aliphatic heterocycles. The van der Waals surface area contributed by atoms with E-state index in [9.17, 15) is 13.2 Å². The fourth-order valence-corrected chi connectivity index (χ4v) is 2.60. The van der Waals surface area contributed by atoms with Crippen molar-refractivity contribution in [3.63, 3.8) is 0 Å². The zero-order chi connectivity index (χ0) is 15.0. The molecule has 6 heteroatoms. The Morgan fingerprint density at radius 2 is 1.80 bits per heavy atom. The van der Waals surface area contributed by atoms with E-state index >= 15 is 0 Å². The molecule has 0 saturated heterocycles. The van der Waals surface area contributed by atoms with Crippen LogP contribution >= 0.6 is 0 Å². The number of hydrogen-bond acceptors (Lipinski definition) is 3. The summed E-state index contributed by atoms with van der Waals surface area (Å²) in [4.78, 5) is 11.6. The Morgan fingerprint density at radius 3 is 2.35 bits per heavy atom. The Balaban J connectivity index is 2.54. The van der Waals surface area contributed by atoms with Crippen LogP contribution in [0.5, 0.6) is 0 Å². The van der Waals surface area contributed by atoms with Crippen LogP contribution in [0.3, 0.4) is 0 Å². The predicted molar refractivity (Wildman–Crippen MR) is 78.9 cm³/mol. The zero-order valence-corrected chi connectivity index (χ0v) is 12.8. The summed E-state index contributed by atoms with van der Waals surface area (Å²) in [6.07, 6.45) is 2.72. The van der Waals surface area contributed by atoms with Crippen LogP contribution in [0.4, 0.5) is 0 Å². The SMILES string of the molecule is CCCCNC(=O)CNS(=O)(=O)c1ccc(CC)cc1. The molecule has 1 aromatic carbocycles. The van der Waals surface area contributed by atoms with Crippen LogP contribution in [-0.2, 0) is 21.2 Å². The second kappa shape index (κ2) is 8.01. The van der Waals surface area contributed by atoms with Crippen molar-refractivity contribution in [3.05, 3.63) is 29.8 Å². The van der Waals surface area contributed by atoms with Gasteiger partial charge in [0.25, 0.3) is 0 Å². The number of rotatable bonds is 8. The number of hydrogen-bond donors (Lipinski definition) is 2. The first-order chi connectivity index (χ1) is 9.49. The molecule has 0 atom stereocenters. The van der Waals surface area contributed by atoms with Gasteiger partial charge in [-0.15, -0.1) is 0 Å². The molecule has 1 aromatic rings. The summed E-state index contributed by atoms with van der Waals surface area (Å²) in [6, 6.07) is 6.65. The Kier molecular flexibility index (Phi) is 6.67. The van der Waals surface area contributed by atoms with Gasteiger partial charge in [0.1, 0.15) is 0 Å². The quantitative estimate of drug-likeness (QED) is 0.713. The topological polar surface area (TPSA) is 75.3 Å². The summed E-state index contributed by atoms with van der Waals surface area (Å²) >= 11 is 0. The number of carbonyl (C=O) groups is 1. The van der Waals surface area contributed by atoms with Gasteiger partial charge in [-0.1, -0.05) is 32.4 Å². The molecule has 0 aliphatic rings. The highest BCUT2D eigenvalue weighted by Gasteiger charge is 2.14. The van der Waals surface area contributed by atoms with E-state index in [2.05, 4.69) is 10.0 Å². The van der Waals surface area contributed by atoms with E-state index in [1.165, 1.54) is 0 Å². The van der Waals surface area contributed by atoms with Gasteiger partial charge in [-0.2, -0.15) is 0 Å². The molecule has 0 aromatic heterocycles. The van der Waals surface area contributed by atoms with Crippen molar-refractivity contribution in [1.29, 1.82) is 0 Å². The minimum Gasteiger partial charge on any atom is -0.355 e. The maximum absolute atomic E-state index is 12.0. The largest absolute Gasteiger partial charge is 0.355 e. The monoisotopic (exact) mass is 298 g/mol. The van der Waals surface area contributed by atoms with Crippen LogP contribution in [0.15, 0.2) is 29.2 Å². The van der Waals surface area contributed by atoms with Crippen LogP contribution in [0.1, 0.15) is 32.3 Å². The molecular formula is C14H22N2O3S. The zero-order valence-electron chi connectivity index (χ0n) is 12.0. The number of unbranched alkanes of at least 4 members (excludes halogenated alkanes) is 1. The van der Waals surface area contributed by atoms with Crippen LogP contribution < -0.4 is 10.0 Å². The van der Waals surface area contributed by atoms with Crippen molar-refractivity contribution in [2.24, 2.45) is 0 Å². The molecule has 0 aliphatic carbocycles. The number of benzene rings is 1. The first-order valence-electron chi connectivity index (χ1n) is 6.85. The summed E-state index contributed by atoms with van der Waals surface area (Å²) in [7, 11) is -3.62. The van der Waals surface area contributed by atoms with Crippen molar-refractivity contribution in [2.75, 3.05) is 13.1 Å². The van der Waals surface area contributed by atoms with E-state index < -0.39 is 10.0 Å². The third-order valence-corrected chi connectivity index (χ3v) is 4.33. The molecule has 1 rings (SSSR count). The van der Waals surface area contributed by atoms with Crippen molar-refractivity contribution in [3.8, 4) is 0 Å². The normalized spacial score (nSPS) is 11.3. The molecule has 20 heavy (non-hydrogen) atoms. The lowest BCUT2D eigenvalue weighted by Gasteiger charge is -2.08. The van der Waals surface area contributed by atoms with Crippen LogP contribution in [0.2, 0.25) is 0 Å². The summed E-state index contributed by atoms with van der Waals surface area (Å²) in [5, 5.41) is 2.66. The molecule has 0 radical (unpaired) electrons. The van der Waals surface area contributed by atoms with Crippen molar-refractivity contribution in [1.82, 2.24) is 10.0 Å². The molecule has 112 valence electrons. The van der Waals surface area contributed by atoms with Crippen molar-refractivity contribution < 1.29 is 13.2 Å². The minimum atomic E-state index is -3.62. The molecule has 0 bridgehead atoms. The molecule has 0 spiro atoms. The number of aryl methyl sites for hydroxylation is 1. The van der Waals surface area contributed by atoms with E-state index in [1.807, 2.05) is 13.8 Å². The first-order valence-corrected chi connectivity index (χ1v) is 8.33. The van der Waals surface area contributed by atoms with Gasteiger partial charge in [0.05, 0.1) is 11.4 Å². The molecule has 2 N–H and O–H groups in total. The Morgan fingerprint density at radius 1 is 1.15 bits per heavy atom. The highest BCUT2D eigenvalue weighted by atomic mass is 32.2. The maximum Gasteiger partial charge on any atom is 0.241 e. The van der Waals surface area contributed by atoms with E-state index in [0.717, 1.165) is 24.8 Å². The average Bonchev–Trinajstić information content (AvgIpc) is 2.45. The van der Waals surface area contributed by atoms with E-state index in [0.29, 0.717) is 6.54 Å². The van der Waals surface area contributed by atoms with Gasteiger partial charge in [-0.3, -0.25) is 4.79 Å². The molecule has 0 heterocycles. The number of amides is 1. The number of sulfonamides is 1. The molecular weight excluding hydrogens is 276 g/mol. The number of nitrogens with one attached hydrogen (secondary N) is 2. The lowest BCUT2D eigenvalue weighted by atomic mass is 10.2. The Hall–Kier alpha value is -1.40. The van der Waals surface area contributed by atoms with Gasteiger partial charge in [-0.05, 0) is 30.5 Å².